The van der Waals surface area contributed by atoms with E-state index in [2.05, 4.69) is 0 Å². The molecule has 0 unspecified atom stereocenters. The maximum Gasteiger partial charge on any atom is 0.165 e. The standard InChI is InChI=1S/C11H14ClFO2/c1-11(2,6-14)9-7(12)4-5-8(13)10(9)15-3/h4-5,14H,6H2,1-3H3. The van der Waals surface area contributed by atoms with E-state index in [9.17, 15) is 9.50 Å². The lowest BCUT2D eigenvalue weighted by atomic mass is 9.84. The molecule has 0 saturated heterocycles. The molecule has 2 nitrogen and oxygen atoms in total. The topological polar surface area (TPSA) is 29.5 Å². The van der Waals surface area contributed by atoms with E-state index < -0.39 is 11.2 Å². The second-order valence-electron chi connectivity index (χ2n) is 3.98. The third kappa shape index (κ3) is 2.24. The third-order valence-corrected chi connectivity index (χ3v) is 2.65. The van der Waals surface area contributed by atoms with Crippen molar-refractivity contribution in [3.63, 3.8) is 0 Å². The molecule has 15 heavy (non-hydrogen) atoms. The number of rotatable bonds is 3. The van der Waals surface area contributed by atoms with Crippen LogP contribution in [0.4, 0.5) is 4.39 Å². The molecule has 0 heterocycles. The molecule has 0 radical (unpaired) electrons. The van der Waals surface area contributed by atoms with Crippen LogP contribution in [0.25, 0.3) is 0 Å². The molecule has 1 aromatic carbocycles. The van der Waals surface area contributed by atoms with E-state index in [1.165, 1.54) is 19.2 Å². The molecule has 1 N–H and O–H groups in total. The first-order chi connectivity index (χ1) is 6.94. The van der Waals surface area contributed by atoms with Crippen molar-refractivity contribution in [3.8, 4) is 5.75 Å². The van der Waals surface area contributed by atoms with E-state index in [0.29, 0.717) is 10.6 Å². The average molecular weight is 233 g/mol. The number of benzene rings is 1. The van der Waals surface area contributed by atoms with E-state index in [0.717, 1.165) is 0 Å². The van der Waals surface area contributed by atoms with Crippen molar-refractivity contribution in [1.29, 1.82) is 0 Å². The minimum atomic E-state index is -0.634. The molecule has 0 aliphatic rings. The number of aliphatic hydroxyl groups is 1. The summed E-state index contributed by atoms with van der Waals surface area (Å²) >= 11 is 5.99. The van der Waals surface area contributed by atoms with Gasteiger partial charge in [-0.2, -0.15) is 0 Å². The fourth-order valence-corrected chi connectivity index (χ4v) is 1.85. The van der Waals surface area contributed by atoms with Crippen LogP contribution >= 0.6 is 11.6 Å². The minimum absolute atomic E-state index is 0.0987. The van der Waals surface area contributed by atoms with Gasteiger partial charge >= 0.3 is 0 Å². The molecule has 0 saturated carbocycles. The Morgan fingerprint density at radius 1 is 1.47 bits per heavy atom. The summed E-state index contributed by atoms with van der Waals surface area (Å²) in [7, 11) is 1.38. The fraction of sp³-hybridized carbons (Fsp3) is 0.455. The molecule has 0 aromatic heterocycles. The highest BCUT2D eigenvalue weighted by molar-refractivity contribution is 6.31. The molecule has 0 amide bonds. The Balaban J connectivity index is 3.44. The predicted octanol–water partition coefficient (Wildman–Crippen LogP) is 2.76. The smallest absolute Gasteiger partial charge is 0.165 e. The molecule has 0 bridgehead atoms. The van der Waals surface area contributed by atoms with Gasteiger partial charge in [-0.05, 0) is 12.1 Å². The van der Waals surface area contributed by atoms with Crippen LogP contribution in [0.2, 0.25) is 5.02 Å². The van der Waals surface area contributed by atoms with Crippen LogP contribution in [0.15, 0.2) is 12.1 Å². The Morgan fingerprint density at radius 2 is 2.07 bits per heavy atom. The number of hydrogen-bond donors (Lipinski definition) is 1. The van der Waals surface area contributed by atoms with Crippen molar-refractivity contribution < 1.29 is 14.2 Å². The van der Waals surface area contributed by atoms with Gasteiger partial charge in [-0.25, -0.2) is 4.39 Å². The zero-order valence-corrected chi connectivity index (χ0v) is 9.73. The summed E-state index contributed by atoms with van der Waals surface area (Å²) in [4.78, 5) is 0. The summed E-state index contributed by atoms with van der Waals surface area (Å²) in [5, 5.41) is 9.64. The van der Waals surface area contributed by atoms with Gasteiger partial charge in [0.2, 0.25) is 0 Å². The average Bonchev–Trinajstić information content (AvgIpc) is 2.20. The van der Waals surface area contributed by atoms with Crippen molar-refractivity contribution in [3.05, 3.63) is 28.5 Å². The first-order valence-corrected chi connectivity index (χ1v) is 4.95. The molecule has 0 atom stereocenters. The van der Waals surface area contributed by atoms with Gasteiger partial charge in [0.1, 0.15) is 0 Å². The summed E-state index contributed by atoms with van der Waals surface area (Å²) in [5.41, 5.74) is -0.140. The largest absolute Gasteiger partial charge is 0.493 e. The predicted molar refractivity (Wildman–Crippen MR) is 58.1 cm³/mol. The van der Waals surface area contributed by atoms with E-state index in [-0.39, 0.29) is 12.4 Å². The fourth-order valence-electron chi connectivity index (χ4n) is 1.44. The zero-order valence-electron chi connectivity index (χ0n) is 8.97. The zero-order chi connectivity index (χ0) is 11.6. The molecule has 1 aromatic rings. The first-order valence-electron chi connectivity index (χ1n) is 4.57. The minimum Gasteiger partial charge on any atom is -0.493 e. The molecule has 0 spiro atoms. The van der Waals surface area contributed by atoms with Gasteiger partial charge in [-0.15, -0.1) is 0 Å². The highest BCUT2D eigenvalue weighted by atomic mass is 35.5. The van der Waals surface area contributed by atoms with E-state index >= 15 is 0 Å². The van der Waals surface area contributed by atoms with Crippen LogP contribution in [0.1, 0.15) is 19.4 Å². The molecule has 1 rings (SSSR count). The Bertz CT molecular complexity index is 364. The molecule has 0 aliphatic heterocycles. The molecule has 4 heteroatoms. The maximum absolute atomic E-state index is 13.4. The van der Waals surface area contributed by atoms with Crippen molar-refractivity contribution in [2.75, 3.05) is 13.7 Å². The number of halogens is 2. The lowest BCUT2D eigenvalue weighted by Crippen LogP contribution is -2.23. The first kappa shape index (κ1) is 12.3. The number of ether oxygens (including phenoxy) is 1. The van der Waals surface area contributed by atoms with Crippen LogP contribution in [0.3, 0.4) is 0 Å². The number of methoxy groups -OCH3 is 1. The van der Waals surface area contributed by atoms with Crippen LogP contribution in [0, 0.1) is 5.82 Å². The van der Waals surface area contributed by atoms with Gasteiger partial charge in [0, 0.05) is 16.0 Å². The monoisotopic (exact) mass is 232 g/mol. The second kappa shape index (κ2) is 4.37. The molecule has 84 valence electrons. The second-order valence-corrected chi connectivity index (χ2v) is 4.39. The van der Waals surface area contributed by atoms with Crippen molar-refractivity contribution in [2.24, 2.45) is 0 Å². The highest BCUT2D eigenvalue weighted by Gasteiger charge is 2.28. The Kier molecular flexibility index (Phi) is 3.58. The van der Waals surface area contributed by atoms with E-state index in [4.69, 9.17) is 16.3 Å². The summed E-state index contributed by atoms with van der Waals surface area (Å²) < 4.78 is 18.4. The summed E-state index contributed by atoms with van der Waals surface area (Å²) in [6.07, 6.45) is 0. The van der Waals surface area contributed by atoms with Crippen molar-refractivity contribution in [2.45, 2.75) is 19.3 Å². The van der Waals surface area contributed by atoms with Gasteiger partial charge in [-0.3, -0.25) is 0 Å². The van der Waals surface area contributed by atoms with Crippen LogP contribution in [-0.2, 0) is 5.41 Å². The number of aliphatic hydroxyl groups excluding tert-OH is 1. The van der Waals surface area contributed by atoms with Gasteiger partial charge < -0.3 is 9.84 Å². The maximum atomic E-state index is 13.4. The molecular formula is C11H14ClFO2. The van der Waals surface area contributed by atoms with Crippen molar-refractivity contribution >= 4 is 11.6 Å². The van der Waals surface area contributed by atoms with E-state index in [1.807, 2.05) is 0 Å². The van der Waals surface area contributed by atoms with Crippen LogP contribution in [0.5, 0.6) is 5.75 Å². The Morgan fingerprint density at radius 3 is 2.53 bits per heavy atom. The molecule has 0 aliphatic carbocycles. The molecular weight excluding hydrogens is 219 g/mol. The Labute approximate surface area is 93.6 Å². The van der Waals surface area contributed by atoms with Gasteiger partial charge in [0.05, 0.1) is 13.7 Å². The van der Waals surface area contributed by atoms with Gasteiger partial charge in [0.25, 0.3) is 0 Å². The quantitative estimate of drug-likeness (QED) is 0.869. The van der Waals surface area contributed by atoms with E-state index in [1.54, 1.807) is 13.8 Å². The van der Waals surface area contributed by atoms with Crippen LogP contribution < -0.4 is 4.74 Å². The molecule has 0 fully saturated rings. The SMILES string of the molecule is COc1c(F)ccc(Cl)c1C(C)(C)CO. The van der Waals surface area contributed by atoms with Gasteiger partial charge in [0.15, 0.2) is 11.6 Å². The summed E-state index contributed by atoms with van der Waals surface area (Å²) in [5.74, 6) is -0.375. The van der Waals surface area contributed by atoms with Gasteiger partial charge in [-0.1, -0.05) is 25.4 Å². The summed E-state index contributed by atoms with van der Waals surface area (Å²) in [6, 6.07) is 2.71. The lowest BCUT2D eigenvalue weighted by molar-refractivity contribution is 0.214. The highest BCUT2D eigenvalue weighted by Crippen LogP contribution is 2.38. The van der Waals surface area contributed by atoms with Crippen LogP contribution in [-0.4, -0.2) is 18.8 Å². The lowest BCUT2D eigenvalue weighted by Gasteiger charge is -2.25. The Hall–Kier alpha value is -0.800. The number of hydrogen-bond acceptors (Lipinski definition) is 2. The van der Waals surface area contributed by atoms with Crippen molar-refractivity contribution in [1.82, 2.24) is 0 Å². The third-order valence-electron chi connectivity index (χ3n) is 2.33. The normalized spacial score (nSPS) is 11.6. The summed E-state index contributed by atoms with van der Waals surface area (Å²) in [6.45, 7) is 3.42.